The second kappa shape index (κ2) is 8.55. The van der Waals surface area contributed by atoms with Crippen molar-refractivity contribution < 1.29 is 19.0 Å². The van der Waals surface area contributed by atoms with Gasteiger partial charge in [-0.05, 0) is 35.7 Å². The van der Waals surface area contributed by atoms with Crippen molar-refractivity contribution in [1.29, 1.82) is 5.26 Å². The van der Waals surface area contributed by atoms with Gasteiger partial charge in [0.15, 0.2) is 0 Å². The molecule has 0 unspecified atom stereocenters. The standard InChI is InChI=1S/C20H19NO4/c1-14-8-9-15(11-21)10-19(14)25-12-16-6-4-5-7-17(16)18(13-23-2)20(22)24-3/h4-10,13H,12H2,1-3H3/b18-13+. The highest BCUT2D eigenvalue weighted by atomic mass is 16.5. The molecule has 0 spiro atoms. The predicted octanol–water partition coefficient (Wildman–Crippen LogP) is 3.61. The maximum atomic E-state index is 12.0. The molecule has 0 aliphatic carbocycles. The van der Waals surface area contributed by atoms with Crippen LogP contribution in [0.25, 0.3) is 5.57 Å². The zero-order chi connectivity index (χ0) is 18.2. The van der Waals surface area contributed by atoms with E-state index in [0.717, 1.165) is 11.1 Å². The molecule has 2 aromatic carbocycles. The average Bonchev–Trinajstić information content (AvgIpc) is 2.65. The van der Waals surface area contributed by atoms with E-state index in [1.807, 2.05) is 31.2 Å². The molecule has 2 rings (SSSR count). The predicted molar refractivity (Wildman–Crippen MR) is 93.7 cm³/mol. The molecule has 5 heteroatoms. The van der Waals surface area contributed by atoms with Gasteiger partial charge in [0, 0.05) is 0 Å². The van der Waals surface area contributed by atoms with E-state index in [1.54, 1.807) is 18.2 Å². The van der Waals surface area contributed by atoms with Crippen LogP contribution in [0.4, 0.5) is 0 Å². The van der Waals surface area contributed by atoms with Gasteiger partial charge in [-0.25, -0.2) is 4.79 Å². The lowest BCUT2D eigenvalue weighted by Gasteiger charge is -2.14. The van der Waals surface area contributed by atoms with E-state index in [1.165, 1.54) is 20.5 Å². The van der Waals surface area contributed by atoms with Crippen LogP contribution in [-0.4, -0.2) is 20.2 Å². The van der Waals surface area contributed by atoms with E-state index in [4.69, 9.17) is 19.5 Å². The fourth-order valence-corrected chi connectivity index (χ4v) is 2.34. The Bertz CT molecular complexity index is 834. The number of nitriles is 1. The highest BCUT2D eigenvalue weighted by Crippen LogP contribution is 2.24. The molecule has 0 atom stereocenters. The molecule has 0 amide bonds. The van der Waals surface area contributed by atoms with Gasteiger partial charge in [-0.2, -0.15) is 5.26 Å². The van der Waals surface area contributed by atoms with Crippen molar-refractivity contribution in [3.8, 4) is 11.8 Å². The van der Waals surface area contributed by atoms with E-state index in [-0.39, 0.29) is 6.61 Å². The first kappa shape index (κ1) is 18.1. The fourth-order valence-electron chi connectivity index (χ4n) is 2.34. The molecule has 0 saturated carbocycles. The van der Waals surface area contributed by atoms with E-state index in [2.05, 4.69) is 6.07 Å². The molecule has 0 fully saturated rings. The number of hydrogen-bond donors (Lipinski definition) is 0. The molecule has 0 bridgehead atoms. The summed E-state index contributed by atoms with van der Waals surface area (Å²) in [4.78, 5) is 12.0. The van der Waals surface area contributed by atoms with Gasteiger partial charge in [-0.1, -0.05) is 30.3 Å². The van der Waals surface area contributed by atoms with Gasteiger partial charge in [-0.15, -0.1) is 0 Å². The lowest BCUT2D eigenvalue weighted by atomic mass is 10.0. The Kier molecular flexibility index (Phi) is 6.19. The molecular formula is C20H19NO4. The summed E-state index contributed by atoms with van der Waals surface area (Å²) in [5, 5.41) is 9.02. The Morgan fingerprint density at radius 3 is 2.64 bits per heavy atom. The number of hydrogen-bond acceptors (Lipinski definition) is 5. The summed E-state index contributed by atoms with van der Waals surface area (Å²) in [6.07, 6.45) is 1.35. The van der Waals surface area contributed by atoms with E-state index in [9.17, 15) is 4.79 Å². The maximum Gasteiger partial charge on any atom is 0.341 e. The quantitative estimate of drug-likeness (QED) is 0.457. The highest BCUT2D eigenvalue weighted by molar-refractivity contribution is 6.16. The van der Waals surface area contributed by atoms with E-state index in [0.29, 0.717) is 22.4 Å². The summed E-state index contributed by atoms with van der Waals surface area (Å²) >= 11 is 0. The molecule has 5 nitrogen and oxygen atoms in total. The van der Waals surface area contributed by atoms with Gasteiger partial charge in [0.2, 0.25) is 0 Å². The molecule has 0 aliphatic heterocycles. The SMILES string of the molecule is CO/C=C(/C(=O)OC)c1ccccc1COc1cc(C#N)ccc1C. The molecule has 0 heterocycles. The number of methoxy groups -OCH3 is 2. The van der Waals surface area contributed by atoms with Crippen molar-refractivity contribution in [2.24, 2.45) is 0 Å². The van der Waals surface area contributed by atoms with Crippen molar-refractivity contribution in [2.75, 3.05) is 14.2 Å². The van der Waals surface area contributed by atoms with Crippen LogP contribution in [0, 0.1) is 18.3 Å². The Morgan fingerprint density at radius 1 is 1.20 bits per heavy atom. The summed E-state index contributed by atoms with van der Waals surface area (Å²) in [5.74, 6) is 0.140. The first-order valence-corrected chi connectivity index (χ1v) is 7.63. The molecule has 0 N–H and O–H groups in total. The molecular weight excluding hydrogens is 318 g/mol. The van der Waals surface area contributed by atoms with Crippen LogP contribution >= 0.6 is 0 Å². The minimum absolute atomic E-state index is 0.240. The Morgan fingerprint density at radius 2 is 1.96 bits per heavy atom. The van der Waals surface area contributed by atoms with Gasteiger partial charge in [0.25, 0.3) is 0 Å². The van der Waals surface area contributed by atoms with Crippen LogP contribution in [0.3, 0.4) is 0 Å². The average molecular weight is 337 g/mol. The summed E-state index contributed by atoms with van der Waals surface area (Å²) in [6.45, 7) is 2.15. The minimum Gasteiger partial charge on any atom is -0.503 e. The number of carbonyl (C=O) groups excluding carboxylic acids is 1. The fraction of sp³-hybridized carbons (Fsp3) is 0.200. The Balaban J connectivity index is 2.31. The topological polar surface area (TPSA) is 68.6 Å². The van der Waals surface area contributed by atoms with Crippen LogP contribution < -0.4 is 4.74 Å². The van der Waals surface area contributed by atoms with Crippen LogP contribution in [0.2, 0.25) is 0 Å². The van der Waals surface area contributed by atoms with Crippen molar-refractivity contribution in [1.82, 2.24) is 0 Å². The first-order chi connectivity index (χ1) is 12.1. The van der Waals surface area contributed by atoms with Crippen LogP contribution in [0.15, 0.2) is 48.7 Å². The largest absolute Gasteiger partial charge is 0.503 e. The third kappa shape index (κ3) is 4.39. The molecule has 0 aromatic heterocycles. The van der Waals surface area contributed by atoms with E-state index >= 15 is 0 Å². The van der Waals surface area contributed by atoms with Gasteiger partial charge in [0.05, 0.1) is 32.1 Å². The lowest BCUT2D eigenvalue weighted by Crippen LogP contribution is -2.08. The molecule has 25 heavy (non-hydrogen) atoms. The highest BCUT2D eigenvalue weighted by Gasteiger charge is 2.17. The monoisotopic (exact) mass is 337 g/mol. The smallest absolute Gasteiger partial charge is 0.341 e. The van der Waals surface area contributed by atoms with Crippen LogP contribution in [0.5, 0.6) is 5.75 Å². The van der Waals surface area contributed by atoms with Gasteiger partial charge < -0.3 is 14.2 Å². The second-order valence-corrected chi connectivity index (χ2v) is 5.30. The lowest BCUT2D eigenvalue weighted by molar-refractivity contribution is -0.133. The molecule has 0 saturated heterocycles. The molecule has 0 radical (unpaired) electrons. The third-order valence-electron chi connectivity index (χ3n) is 3.65. The van der Waals surface area contributed by atoms with Crippen molar-refractivity contribution >= 4 is 11.5 Å². The number of ether oxygens (including phenoxy) is 3. The van der Waals surface area contributed by atoms with Gasteiger partial charge in [-0.3, -0.25) is 0 Å². The number of rotatable bonds is 6. The minimum atomic E-state index is -0.489. The van der Waals surface area contributed by atoms with Gasteiger partial charge >= 0.3 is 5.97 Å². The summed E-state index contributed by atoms with van der Waals surface area (Å²) in [7, 11) is 2.79. The van der Waals surface area contributed by atoms with Crippen molar-refractivity contribution in [3.05, 3.63) is 71.0 Å². The number of aryl methyl sites for hydroxylation is 1. The zero-order valence-electron chi connectivity index (χ0n) is 14.4. The van der Waals surface area contributed by atoms with E-state index < -0.39 is 5.97 Å². The Labute approximate surface area is 147 Å². The summed E-state index contributed by atoms with van der Waals surface area (Å²) < 4.78 is 15.7. The van der Waals surface area contributed by atoms with Crippen LogP contribution in [-0.2, 0) is 20.9 Å². The molecule has 0 aliphatic rings. The van der Waals surface area contributed by atoms with Crippen molar-refractivity contribution in [3.63, 3.8) is 0 Å². The summed E-state index contributed by atoms with van der Waals surface area (Å²) in [5.41, 5.74) is 3.25. The van der Waals surface area contributed by atoms with Gasteiger partial charge in [0.1, 0.15) is 17.9 Å². The first-order valence-electron chi connectivity index (χ1n) is 7.63. The van der Waals surface area contributed by atoms with Crippen LogP contribution in [0.1, 0.15) is 22.3 Å². The number of benzene rings is 2. The molecule has 2 aromatic rings. The van der Waals surface area contributed by atoms with Crippen molar-refractivity contribution in [2.45, 2.75) is 13.5 Å². The molecule has 128 valence electrons. The Hall–Kier alpha value is -3.26. The normalized spacial score (nSPS) is 10.7. The number of esters is 1. The maximum absolute atomic E-state index is 12.0. The number of carbonyl (C=O) groups is 1. The third-order valence-corrected chi connectivity index (χ3v) is 3.65. The zero-order valence-corrected chi connectivity index (χ0v) is 14.4. The summed E-state index contributed by atoms with van der Waals surface area (Å²) in [6, 6.07) is 14.7. The number of nitrogens with zero attached hydrogens (tertiary/aromatic N) is 1. The second-order valence-electron chi connectivity index (χ2n) is 5.30.